The zero-order valence-corrected chi connectivity index (χ0v) is 19.5. The minimum atomic E-state index is -3.70. The first-order valence-electron chi connectivity index (χ1n) is 9.50. The van der Waals surface area contributed by atoms with Crippen LogP contribution in [0, 0.1) is 10.1 Å². The Morgan fingerprint density at radius 1 is 1.31 bits per heavy atom. The molecule has 2 amide bonds. The van der Waals surface area contributed by atoms with Gasteiger partial charge in [0.1, 0.15) is 6.61 Å². The van der Waals surface area contributed by atoms with Gasteiger partial charge in [0.05, 0.1) is 23.8 Å². The first-order chi connectivity index (χ1) is 15.0. The molecule has 0 bridgehead atoms. The molecule has 176 valence electrons. The van der Waals surface area contributed by atoms with Crippen molar-refractivity contribution in [1.82, 2.24) is 9.80 Å². The maximum atomic E-state index is 12.6. The monoisotopic (exact) mass is 487 g/mol. The standard InChI is InChI=1S/C19H25N3O8S2/c1-20(2)18(23)8-9-31-13-16-10-17(30-32(3,27)28)11-21(16)19(24)29-12-14-4-6-15(7-5-14)22(25)26/h4-9,16-17H,10-13H2,1-3H3/b9-8+/t16-,17+/m0/s1. The maximum Gasteiger partial charge on any atom is 0.410 e. The van der Waals surface area contributed by atoms with Gasteiger partial charge < -0.3 is 14.5 Å². The summed E-state index contributed by atoms with van der Waals surface area (Å²) < 4.78 is 33.4. The Morgan fingerprint density at radius 2 is 1.97 bits per heavy atom. The fourth-order valence-electron chi connectivity index (χ4n) is 2.94. The van der Waals surface area contributed by atoms with E-state index in [-0.39, 0.29) is 30.8 Å². The Balaban J connectivity index is 1.99. The molecule has 2 rings (SSSR count). The van der Waals surface area contributed by atoms with Crippen LogP contribution >= 0.6 is 11.8 Å². The first-order valence-corrected chi connectivity index (χ1v) is 12.4. The van der Waals surface area contributed by atoms with Crippen molar-refractivity contribution < 1.29 is 31.9 Å². The van der Waals surface area contributed by atoms with Crippen LogP contribution in [0.5, 0.6) is 0 Å². The van der Waals surface area contributed by atoms with E-state index < -0.39 is 27.2 Å². The van der Waals surface area contributed by atoms with E-state index in [1.165, 1.54) is 51.9 Å². The maximum absolute atomic E-state index is 12.6. The Hall–Kier alpha value is -2.64. The molecule has 1 aromatic rings. The molecule has 0 radical (unpaired) electrons. The number of hydrogen-bond acceptors (Lipinski definition) is 9. The van der Waals surface area contributed by atoms with Crippen LogP contribution in [0.3, 0.4) is 0 Å². The Bertz CT molecular complexity index is 963. The molecular weight excluding hydrogens is 462 g/mol. The summed E-state index contributed by atoms with van der Waals surface area (Å²) in [4.78, 5) is 37.3. The summed E-state index contributed by atoms with van der Waals surface area (Å²) in [7, 11) is -0.439. The minimum absolute atomic E-state index is 0.0394. The topological polar surface area (TPSA) is 136 Å². The average Bonchev–Trinajstić information content (AvgIpc) is 3.10. The summed E-state index contributed by atoms with van der Waals surface area (Å²) in [6, 6.07) is 5.25. The molecule has 2 atom stereocenters. The zero-order valence-electron chi connectivity index (χ0n) is 17.9. The first kappa shape index (κ1) is 25.6. The van der Waals surface area contributed by atoms with Crippen LogP contribution in [0.1, 0.15) is 12.0 Å². The second kappa shape index (κ2) is 11.3. The molecule has 1 saturated heterocycles. The quantitative estimate of drug-likeness (QED) is 0.222. The molecule has 1 aliphatic heterocycles. The lowest BCUT2D eigenvalue weighted by Gasteiger charge is -2.23. The second-order valence-corrected chi connectivity index (χ2v) is 9.85. The minimum Gasteiger partial charge on any atom is -0.445 e. The molecule has 1 fully saturated rings. The van der Waals surface area contributed by atoms with Crippen molar-refractivity contribution in [2.24, 2.45) is 0 Å². The van der Waals surface area contributed by atoms with E-state index >= 15 is 0 Å². The number of amides is 2. The fraction of sp³-hybridized carbons (Fsp3) is 0.474. The van der Waals surface area contributed by atoms with E-state index in [2.05, 4.69) is 0 Å². The summed E-state index contributed by atoms with van der Waals surface area (Å²) in [5.74, 6) is 0.231. The third-order valence-electron chi connectivity index (χ3n) is 4.47. The number of nitro benzene ring substituents is 1. The molecule has 0 aliphatic carbocycles. The number of carbonyl (C=O) groups is 2. The van der Waals surface area contributed by atoms with Crippen LogP contribution in [0.25, 0.3) is 0 Å². The van der Waals surface area contributed by atoms with Gasteiger partial charge in [-0.2, -0.15) is 8.42 Å². The highest BCUT2D eigenvalue weighted by Crippen LogP contribution is 2.26. The number of nitro groups is 1. The van der Waals surface area contributed by atoms with Crippen LogP contribution < -0.4 is 0 Å². The Morgan fingerprint density at radius 3 is 2.53 bits per heavy atom. The van der Waals surface area contributed by atoms with Crippen LogP contribution in [0.15, 0.2) is 35.7 Å². The fourth-order valence-corrected chi connectivity index (χ4v) is 4.43. The average molecular weight is 488 g/mol. The summed E-state index contributed by atoms with van der Waals surface area (Å²) in [6.07, 6.45) is 1.29. The van der Waals surface area contributed by atoms with Gasteiger partial charge in [0, 0.05) is 44.1 Å². The van der Waals surface area contributed by atoms with E-state index in [4.69, 9.17) is 8.92 Å². The largest absolute Gasteiger partial charge is 0.445 e. The number of likely N-dealkylation sites (tertiary alicyclic amines) is 1. The van der Waals surface area contributed by atoms with Crippen molar-refractivity contribution in [3.05, 3.63) is 51.4 Å². The number of hydrogen-bond donors (Lipinski definition) is 0. The van der Waals surface area contributed by atoms with Gasteiger partial charge in [-0.3, -0.25) is 19.1 Å². The third kappa shape index (κ3) is 8.13. The number of likely N-dealkylation sites (N-methyl/N-ethyl adjacent to an activating group) is 1. The van der Waals surface area contributed by atoms with Crippen molar-refractivity contribution in [1.29, 1.82) is 0 Å². The molecule has 11 nitrogen and oxygen atoms in total. The summed E-state index contributed by atoms with van der Waals surface area (Å²) in [6.45, 7) is -0.0558. The molecule has 0 saturated carbocycles. The van der Waals surface area contributed by atoms with Crippen molar-refractivity contribution in [3.8, 4) is 0 Å². The lowest BCUT2D eigenvalue weighted by atomic mass is 10.2. The second-order valence-electron chi connectivity index (χ2n) is 7.31. The van der Waals surface area contributed by atoms with Gasteiger partial charge >= 0.3 is 6.09 Å². The molecule has 1 heterocycles. The third-order valence-corrected chi connectivity index (χ3v) is 5.99. The lowest BCUT2D eigenvalue weighted by Crippen LogP contribution is -2.37. The smallest absolute Gasteiger partial charge is 0.410 e. The number of ether oxygens (including phenoxy) is 1. The zero-order chi connectivity index (χ0) is 23.9. The number of non-ortho nitro benzene ring substituents is 1. The van der Waals surface area contributed by atoms with E-state index in [0.29, 0.717) is 17.7 Å². The van der Waals surface area contributed by atoms with Crippen LogP contribution in [0.2, 0.25) is 0 Å². The van der Waals surface area contributed by atoms with Gasteiger partial charge in [0.25, 0.3) is 15.8 Å². The van der Waals surface area contributed by atoms with Crippen molar-refractivity contribution in [2.75, 3.05) is 32.6 Å². The van der Waals surface area contributed by atoms with Gasteiger partial charge in [-0.15, -0.1) is 11.8 Å². The molecule has 1 aromatic carbocycles. The van der Waals surface area contributed by atoms with Crippen LogP contribution in [0.4, 0.5) is 10.5 Å². The van der Waals surface area contributed by atoms with Gasteiger partial charge in [0.15, 0.2) is 0 Å². The lowest BCUT2D eigenvalue weighted by molar-refractivity contribution is -0.384. The molecule has 0 N–H and O–H groups in total. The van der Waals surface area contributed by atoms with E-state index in [9.17, 15) is 28.1 Å². The molecule has 1 aliphatic rings. The molecule has 0 unspecified atom stereocenters. The van der Waals surface area contributed by atoms with E-state index in [0.717, 1.165) is 6.26 Å². The highest BCUT2D eigenvalue weighted by Gasteiger charge is 2.38. The molecule has 0 aromatic heterocycles. The van der Waals surface area contributed by atoms with Crippen LogP contribution in [-0.4, -0.2) is 79.9 Å². The predicted molar refractivity (Wildman–Crippen MR) is 118 cm³/mol. The number of rotatable bonds is 9. The van der Waals surface area contributed by atoms with Gasteiger partial charge in [-0.05, 0) is 29.5 Å². The van der Waals surface area contributed by atoms with Gasteiger partial charge in [-0.1, -0.05) is 0 Å². The number of thioether (sulfide) groups is 1. The summed E-state index contributed by atoms with van der Waals surface area (Å²) >= 11 is 1.31. The Labute approximate surface area is 190 Å². The highest BCUT2D eigenvalue weighted by atomic mass is 32.2. The number of nitrogens with zero attached hydrogens (tertiary/aromatic N) is 3. The van der Waals surface area contributed by atoms with Gasteiger partial charge in [-0.25, -0.2) is 4.79 Å². The summed E-state index contributed by atoms with van der Waals surface area (Å²) in [5.41, 5.74) is 0.501. The molecular formula is C19H25N3O8S2. The van der Waals surface area contributed by atoms with Gasteiger partial charge in [0.2, 0.25) is 5.91 Å². The Kier molecular flexibility index (Phi) is 9.04. The normalized spacial score (nSPS) is 18.7. The SMILES string of the molecule is CN(C)C(=O)/C=C/SC[C@@H]1C[C@@H](OS(C)(=O)=O)CN1C(=O)OCc1ccc([N+](=O)[O-])cc1. The molecule has 0 spiro atoms. The van der Waals surface area contributed by atoms with Crippen LogP contribution in [-0.2, 0) is 30.4 Å². The van der Waals surface area contributed by atoms with E-state index in [1.54, 1.807) is 19.5 Å². The molecule has 32 heavy (non-hydrogen) atoms. The summed E-state index contributed by atoms with van der Waals surface area (Å²) in [5, 5.41) is 12.3. The number of carbonyl (C=O) groups excluding carboxylic acids is 2. The van der Waals surface area contributed by atoms with Crippen molar-refractivity contribution in [2.45, 2.75) is 25.2 Å². The predicted octanol–water partition coefficient (Wildman–Crippen LogP) is 1.99. The highest BCUT2D eigenvalue weighted by molar-refractivity contribution is 8.02. The van der Waals surface area contributed by atoms with Crippen molar-refractivity contribution in [3.63, 3.8) is 0 Å². The number of benzene rings is 1. The van der Waals surface area contributed by atoms with Crippen molar-refractivity contribution >= 4 is 39.6 Å². The molecule has 13 heteroatoms. The van der Waals surface area contributed by atoms with E-state index in [1.807, 2.05) is 0 Å².